The summed E-state index contributed by atoms with van der Waals surface area (Å²) < 4.78 is 0. The average Bonchev–Trinajstić information content (AvgIpc) is 2.17. The number of hydrogen-bond acceptors (Lipinski definition) is 1. The predicted molar refractivity (Wildman–Crippen MR) is 62.5 cm³/mol. The quantitative estimate of drug-likeness (QED) is 0.572. The fraction of sp³-hybridized carbons (Fsp3) is 0.333. The van der Waals surface area contributed by atoms with Crippen molar-refractivity contribution in [1.29, 1.82) is 0 Å². The van der Waals surface area contributed by atoms with E-state index < -0.39 is 0 Å². The molecule has 1 rings (SSSR count). The minimum Gasteiger partial charge on any atom is -0.125 e. The Kier molecular flexibility index (Phi) is 5.34. The lowest BCUT2D eigenvalue weighted by atomic mass is 10.4. The Morgan fingerprint density at radius 3 is 2.08 bits per heavy atom. The van der Waals surface area contributed by atoms with Crippen LogP contribution in [0.4, 0.5) is 0 Å². The first kappa shape index (κ1) is 11.5. The molecular weight excluding hydrogens is 247 g/mol. The average molecular weight is 256 g/mol. The maximum absolute atomic E-state index is 5.75. The van der Waals surface area contributed by atoms with Gasteiger partial charge in [0.2, 0.25) is 0 Å². The first-order chi connectivity index (χ1) is 6.26. The van der Waals surface area contributed by atoms with Gasteiger partial charge in [0.05, 0.1) is 0 Å². The molecule has 0 unspecified atom stereocenters. The van der Waals surface area contributed by atoms with Gasteiger partial charge < -0.3 is 0 Å². The SMILES string of the molecule is ClCC(CCl)Sc1ccc(Cl)cc1. The number of thioether (sulfide) groups is 1. The van der Waals surface area contributed by atoms with Gasteiger partial charge in [-0.15, -0.1) is 35.0 Å². The second-order valence-electron chi connectivity index (χ2n) is 2.50. The molecule has 0 amide bonds. The largest absolute Gasteiger partial charge is 0.125 e. The molecule has 0 aliphatic heterocycles. The Balaban J connectivity index is 2.58. The van der Waals surface area contributed by atoms with E-state index in [0.717, 1.165) is 9.92 Å². The maximum atomic E-state index is 5.75. The van der Waals surface area contributed by atoms with Crippen LogP contribution < -0.4 is 0 Å². The van der Waals surface area contributed by atoms with Gasteiger partial charge >= 0.3 is 0 Å². The summed E-state index contributed by atoms with van der Waals surface area (Å²) in [7, 11) is 0. The van der Waals surface area contributed by atoms with Crippen LogP contribution in [0.25, 0.3) is 0 Å². The molecule has 0 bridgehead atoms. The molecule has 0 saturated heterocycles. The van der Waals surface area contributed by atoms with Gasteiger partial charge in [-0.2, -0.15) is 0 Å². The van der Waals surface area contributed by atoms with Crippen LogP contribution in [0.2, 0.25) is 5.02 Å². The molecule has 0 heterocycles. The zero-order chi connectivity index (χ0) is 9.68. The van der Waals surface area contributed by atoms with Crippen molar-refractivity contribution in [2.75, 3.05) is 11.8 Å². The summed E-state index contributed by atoms with van der Waals surface area (Å²) >= 11 is 18.9. The van der Waals surface area contributed by atoms with E-state index >= 15 is 0 Å². The van der Waals surface area contributed by atoms with E-state index in [0.29, 0.717) is 11.8 Å². The van der Waals surface area contributed by atoms with Gasteiger partial charge in [0, 0.05) is 26.9 Å². The smallest absolute Gasteiger partial charge is 0.0406 e. The third-order valence-electron chi connectivity index (χ3n) is 1.46. The molecule has 0 aromatic heterocycles. The van der Waals surface area contributed by atoms with Crippen molar-refractivity contribution in [1.82, 2.24) is 0 Å². The van der Waals surface area contributed by atoms with Crippen molar-refractivity contribution >= 4 is 46.6 Å². The van der Waals surface area contributed by atoms with Crippen molar-refractivity contribution in [3.05, 3.63) is 29.3 Å². The van der Waals surface area contributed by atoms with E-state index in [1.165, 1.54) is 0 Å². The Bertz CT molecular complexity index is 244. The number of halogens is 3. The molecule has 0 aliphatic rings. The highest BCUT2D eigenvalue weighted by Crippen LogP contribution is 2.26. The first-order valence-corrected chi connectivity index (χ1v) is 6.13. The number of alkyl halides is 2. The normalized spacial score (nSPS) is 10.8. The van der Waals surface area contributed by atoms with Crippen LogP contribution in [0, 0.1) is 0 Å². The van der Waals surface area contributed by atoms with Gasteiger partial charge in [0.1, 0.15) is 0 Å². The third-order valence-corrected chi connectivity index (χ3v) is 4.03. The summed E-state index contributed by atoms with van der Waals surface area (Å²) in [6.07, 6.45) is 0. The zero-order valence-corrected chi connectivity index (χ0v) is 9.93. The van der Waals surface area contributed by atoms with Crippen molar-refractivity contribution in [3.8, 4) is 0 Å². The number of benzene rings is 1. The van der Waals surface area contributed by atoms with Crippen molar-refractivity contribution < 1.29 is 0 Å². The van der Waals surface area contributed by atoms with E-state index in [9.17, 15) is 0 Å². The van der Waals surface area contributed by atoms with Crippen LogP contribution in [0.1, 0.15) is 0 Å². The molecule has 13 heavy (non-hydrogen) atoms. The lowest BCUT2D eigenvalue weighted by Crippen LogP contribution is -2.05. The van der Waals surface area contributed by atoms with Crippen LogP contribution in [0.15, 0.2) is 29.2 Å². The molecule has 1 aromatic rings. The Morgan fingerprint density at radius 2 is 1.62 bits per heavy atom. The van der Waals surface area contributed by atoms with Gasteiger partial charge in [0.15, 0.2) is 0 Å². The Morgan fingerprint density at radius 1 is 1.08 bits per heavy atom. The van der Waals surface area contributed by atoms with Gasteiger partial charge in [-0.3, -0.25) is 0 Å². The molecular formula is C9H9Cl3S. The van der Waals surface area contributed by atoms with Crippen LogP contribution in [0.5, 0.6) is 0 Å². The molecule has 0 spiro atoms. The van der Waals surface area contributed by atoms with Gasteiger partial charge in [-0.1, -0.05) is 11.6 Å². The summed E-state index contributed by atoms with van der Waals surface area (Å²) in [5.74, 6) is 1.13. The molecule has 0 aliphatic carbocycles. The summed E-state index contributed by atoms with van der Waals surface area (Å²) in [6, 6.07) is 7.67. The van der Waals surface area contributed by atoms with E-state index in [4.69, 9.17) is 34.8 Å². The summed E-state index contributed by atoms with van der Waals surface area (Å²) in [5, 5.41) is 1.02. The highest BCUT2D eigenvalue weighted by atomic mass is 35.5. The van der Waals surface area contributed by atoms with Crippen molar-refractivity contribution in [2.45, 2.75) is 10.1 Å². The van der Waals surface area contributed by atoms with Crippen LogP contribution in [-0.4, -0.2) is 17.0 Å². The highest BCUT2D eigenvalue weighted by Gasteiger charge is 2.06. The minimum atomic E-state index is 0.268. The monoisotopic (exact) mass is 254 g/mol. The standard InChI is InChI=1S/C9H9Cl3S/c10-5-9(6-11)13-8-3-1-7(12)2-4-8/h1-4,9H,5-6H2. The molecule has 0 nitrogen and oxygen atoms in total. The first-order valence-electron chi connectivity index (χ1n) is 3.80. The zero-order valence-electron chi connectivity index (χ0n) is 6.84. The molecule has 0 atom stereocenters. The number of rotatable bonds is 4. The summed E-state index contributed by atoms with van der Waals surface area (Å²) in [5.41, 5.74) is 0. The molecule has 72 valence electrons. The minimum absolute atomic E-state index is 0.268. The van der Waals surface area contributed by atoms with Crippen LogP contribution >= 0.6 is 46.6 Å². The molecule has 0 N–H and O–H groups in total. The van der Waals surface area contributed by atoms with E-state index in [2.05, 4.69) is 0 Å². The lowest BCUT2D eigenvalue weighted by Gasteiger charge is -2.09. The fourth-order valence-corrected chi connectivity index (χ4v) is 2.45. The van der Waals surface area contributed by atoms with Crippen LogP contribution in [-0.2, 0) is 0 Å². The number of hydrogen-bond donors (Lipinski definition) is 0. The fourth-order valence-electron chi connectivity index (χ4n) is 0.810. The predicted octanol–water partition coefficient (Wildman–Crippen LogP) is 4.28. The van der Waals surface area contributed by atoms with Crippen LogP contribution in [0.3, 0.4) is 0 Å². The van der Waals surface area contributed by atoms with Crippen molar-refractivity contribution in [2.24, 2.45) is 0 Å². The second kappa shape index (κ2) is 6.02. The maximum Gasteiger partial charge on any atom is 0.0406 e. The molecule has 4 heteroatoms. The second-order valence-corrected chi connectivity index (χ2v) is 4.93. The van der Waals surface area contributed by atoms with Crippen molar-refractivity contribution in [3.63, 3.8) is 0 Å². The highest BCUT2D eigenvalue weighted by molar-refractivity contribution is 8.00. The molecule has 0 fully saturated rings. The van der Waals surface area contributed by atoms with E-state index in [1.54, 1.807) is 11.8 Å². The summed E-state index contributed by atoms with van der Waals surface area (Å²) in [4.78, 5) is 1.15. The van der Waals surface area contributed by atoms with E-state index in [-0.39, 0.29) is 5.25 Å². The third kappa shape index (κ3) is 3.99. The van der Waals surface area contributed by atoms with Gasteiger partial charge in [-0.25, -0.2) is 0 Å². The molecule has 1 aromatic carbocycles. The Labute approximate surface area is 97.6 Å². The topological polar surface area (TPSA) is 0 Å². The lowest BCUT2D eigenvalue weighted by molar-refractivity contribution is 1.13. The van der Waals surface area contributed by atoms with Gasteiger partial charge in [-0.05, 0) is 24.3 Å². The Hall–Kier alpha value is 0.440. The molecule has 0 radical (unpaired) electrons. The summed E-state index contributed by atoms with van der Waals surface area (Å²) in [6.45, 7) is 0. The molecule has 0 saturated carbocycles. The van der Waals surface area contributed by atoms with E-state index in [1.807, 2.05) is 24.3 Å². The van der Waals surface area contributed by atoms with Gasteiger partial charge in [0.25, 0.3) is 0 Å².